The quantitative estimate of drug-likeness (QED) is 0.135. The van der Waals surface area contributed by atoms with Gasteiger partial charge in [-0.25, -0.2) is 9.78 Å². The second-order valence-electron chi connectivity index (χ2n) is 16.0. The van der Waals surface area contributed by atoms with E-state index in [1.54, 1.807) is 20.0 Å². The lowest BCUT2D eigenvalue weighted by Crippen LogP contribution is -2.56. The van der Waals surface area contributed by atoms with Crippen LogP contribution in [-0.4, -0.2) is 63.1 Å². The van der Waals surface area contributed by atoms with Crippen LogP contribution in [0.2, 0.25) is 0 Å². The summed E-state index contributed by atoms with van der Waals surface area (Å²) in [6.07, 6.45) is 7.80. The first kappa shape index (κ1) is 39.6. The molecule has 2 aromatic heterocycles. The van der Waals surface area contributed by atoms with Crippen LogP contribution in [0.3, 0.4) is 0 Å². The fourth-order valence-electron chi connectivity index (χ4n) is 8.48. The van der Waals surface area contributed by atoms with Gasteiger partial charge in [0.2, 0.25) is 5.91 Å². The molecular formula is C47H50N4O8. The maximum atomic E-state index is 14.2. The summed E-state index contributed by atoms with van der Waals surface area (Å²) in [5.41, 5.74) is 7.38. The number of nitrogens with one attached hydrogen (secondary N) is 1. The molecule has 2 aliphatic heterocycles. The molecule has 2 N–H and O–H groups in total. The Hall–Kier alpha value is -6.17. The van der Waals surface area contributed by atoms with E-state index in [1.165, 1.54) is 37.0 Å². The van der Waals surface area contributed by atoms with Crippen LogP contribution in [0.25, 0.3) is 11.1 Å². The molecule has 0 spiro atoms. The number of aromatic nitrogens is 2. The van der Waals surface area contributed by atoms with Crippen LogP contribution in [0.1, 0.15) is 93.9 Å². The van der Waals surface area contributed by atoms with E-state index in [2.05, 4.69) is 15.3 Å². The van der Waals surface area contributed by atoms with E-state index in [-0.39, 0.29) is 37.8 Å². The number of benzene rings is 3. The number of aryl methyl sites for hydroxylation is 3. The number of oxazole rings is 1. The van der Waals surface area contributed by atoms with Crippen molar-refractivity contribution in [3.8, 4) is 28.4 Å². The first-order chi connectivity index (χ1) is 28.5. The molecule has 3 aromatic carbocycles. The smallest absolute Gasteiger partial charge is 0.326 e. The number of pyridine rings is 1. The highest BCUT2D eigenvalue weighted by Crippen LogP contribution is 2.41. The van der Waals surface area contributed by atoms with Crippen molar-refractivity contribution in [2.45, 2.75) is 97.4 Å². The third-order valence-corrected chi connectivity index (χ3v) is 11.9. The minimum absolute atomic E-state index is 0.0456. The number of rotatable bonds is 11. The molecule has 306 valence electrons. The summed E-state index contributed by atoms with van der Waals surface area (Å²) in [6.45, 7) is 8.32. The van der Waals surface area contributed by atoms with Crippen LogP contribution >= 0.6 is 0 Å². The predicted octanol–water partition coefficient (Wildman–Crippen LogP) is 7.82. The number of carbonyl (C=O) groups excluding carboxylic acids is 2. The van der Waals surface area contributed by atoms with Crippen molar-refractivity contribution in [1.29, 1.82) is 0 Å². The Morgan fingerprint density at radius 2 is 1.73 bits per heavy atom. The normalized spacial score (nSPS) is 18.1. The van der Waals surface area contributed by atoms with E-state index in [1.807, 2.05) is 80.6 Å². The van der Waals surface area contributed by atoms with Crippen molar-refractivity contribution in [3.63, 3.8) is 0 Å². The summed E-state index contributed by atoms with van der Waals surface area (Å²) in [4.78, 5) is 51.2. The van der Waals surface area contributed by atoms with Crippen molar-refractivity contribution in [2.24, 2.45) is 5.92 Å². The number of nitrogens with zero attached hydrogens (tertiary/aromatic N) is 3. The molecule has 1 fully saturated rings. The Kier molecular flexibility index (Phi) is 11.4. The monoisotopic (exact) mass is 798 g/mol. The maximum absolute atomic E-state index is 14.2. The summed E-state index contributed by atoms with van der Waals surface area (Å²) >= 11 is 0. The minimum atomic E-state index is -1.25. The molecule has 8 rings (SSSR count). The Labute approximate surface area is 343 Å². The zero-order valence-electron chi connectivity index (χ0n) is 34.0. The van der Waals surface area contributed by atoms with Gasteiger partial charge in [-0.15, -0.1) is 0 Å². The lowest BCUT2D eigenvalue weighted by atomic mass is 9.90. The van der Waals surface area contributed by atoms with Gasteiger partial charge in [0.1, 0.15) is 30.2 Å². The number of aliphatic carboxylic acids is 1. The molecule has 2 amide bonds. The van der Waals surface area contributed by atoms with Gasteiger partial charge in [0.15, 0.2) is 29.2 Å². The second kappa shape index (κ2) is 17.0. The summed E-state index contributed by atoms with van der Waals surface area (Å²) in [6, 6.07) is 19.0. The number of amides is 2. The van der Waals surface area contributed by atoms with Crippen LogP contribution in [0.15, 0.2) is 77.3 Å². The Morgan fingerprint density at radius 3 is 2.47 bits per heavy atom. The zero-order chi connectivity index (χ0) is 41.2. The topological polar surface area (TPSA) is 153 Å². The van der Waals surface area contributed by atoms with Gasteiger partial charge in [0.25, 0.3) is 5.91 Å². The lowest BCUT2D eigenvalue weighted by molar-refractivity contribution is -0.142. The highest BCUT2D eigenvalue weighted by molar-refractivity contribution is 5.98. The summed E-state index contributed by atoms with van der Waals surface area (Å²) in [5.74, 6) is 0.847. The Balaban J connectivity index is 1.01. The largest absolute Gasteiger partial charge is 0.493 e. The fraction of sp³-hybridized carbons (Fsp3) is 0.383. The molecule has 1 aliphatic carbocycles. The highest BCUT2D eigenvalue weighted by atomic mass is 16.6. The third kappa shape index (κ3) is 8.67. The molecule has 0 bridgehead atoms. The van der Waals surface area contributed by atoms with Crippen molar-refractivity contribution in [2.75, 3.05) is 13.2 Å². The molecule has 3 atom stereocenters. The van der Waals surface area contributed by atoms with Gasteiger partial charge in [-0.3, -0.25) is 14.6 Å². The standard InChI is InChI=1S/C47H50N4O8/c1-27-28(2)48-18-17-38(27)33-15-13-31(14-16-33)19-39(47(54)55)50-45(52)40-21-35-22-41-42(23-36(35)24-51(40)46(53)44-29(3)58-30(4)49-44)59-43(26-57-41)34-11-8-12-37(20-34)56-25-32-9-6-5-7-10-32/h8,11-18,20,22-23,32,39-40,43H,5-7,9-10,19,21,24-26H2,1-4H3,(H,50,52)(H,54,55)/t39-,40-,43+/m0/s1. The molecule has 0 radical (unpaired) electrons. The van der Waals surface area contributed by atoms with Crippen molar-refractivity contribution < 1.29 is 38.1 Å². The molecule has 3 aliphatic rings. The van der Waals surface area contributed by atoms with Crippen LogP contribution in [-0.2, 0) is 29.0 Å². The molecule has 0 unspecified atom stereocenters. The van der Waals surface area contributed by atoms with Gasteiger partial charge < -0.3 is 34.0 Å². The number of hydrogen-bond donors (Lipinski definition) is 2. The first-order valence-electron chi connectivity index (χ1n) is 20.5. The number of carbonyl (C=O) groups is 3. The molecule has 5 aromatic rings. The molecule has 4 heterocycles. The fourth-order valence-corrected chi connectivity index (χ4v) is 8.48. The highest BCUT2D eigenvalue weighted by Gasteiger charge is 2.39. The number of ether oxygens (including phenoxy) is 3. The SMILES string of the molecule is Cc1nc(C(=O)N2Cc3cc4c(cc3C[C@H]2C(=O)N[C@@H](Cc2ccc(-c3ccnc(C)c3C)cc2)C(=O)O)OC[C@H](c2cccc(OCC3CCCCC3)c2)O4)c(C)o1. The summed E-state index contributed by atoms with van der Waals surface area (Å²) in [5, 5.41) is 13.1. The van der Waals surface area contributed by atoms with Crippen molar-refractivity contribution in [3.05, 3.63) is 124 Å². The number of carboxylic acids is 1. The van der Waals surface area contributed by atoms with E-state index < -0.39 is 29.9 Å². The van der Waals surface area contributed by atoms with Crippen molar-refractivity contribution in [1.82, 2.24) is 20.2 Å². The molecule has 1 saturated carbocycles. The molecule has 12 nitrogen and oxygen atoms in total. The van der Waals surface area contributed by atoms with Gasteiger partial charge in [0, 0.05) is 38.2 Å². The molecule has 59 heavy (non-hydrogen) atoms. The van der Waals surface area contributed by atoms with E-state index >= 15 is 0 Å². The van der Waals surface area contributed by atoms with Crippen LogP contribution in [0.4, 0.5) is 0 Å². The molecular weight excluding hydrogens is 749 g/mol. The van der Waals surface area contributed by atoms with Gasteiger partial charge in [0.05, 0.1) is 6.61 Å². The van der Waals surface area contributed by atoms with Gasteiger partial charge in [-0.2, -0.15) is 0 Å². The van der Waals surface area contributed by atoms with Gasteiger partial charge in [-0.1, -0.05) is 55.7 Å². The summed E-state index contributed by atoms with van der Waals surface area (Å²) < 4.78 is 24.6. The van der Waals surface area contributed by atoms with E-state index in [4.69, 9.17) is 18.6 Å². The number of fused-ring (bicyclic) bond motifs is 2. The maximum Gasteiger partial charge on any atom is 0.326 e. The average Bonchev–Trinajstić information content (AvgIpc) is 3.59. The minimum Gasteiger partial charge on any atom is -0.493 e. The Bertz CT molecular complexity index is 2370. The predicted molar refractivity (Wildman–Crippen MR) is 220 cm³/mol. The van der Waals surface area contributed by atoms with Crippen LogP contribution in [0, 0.1) is 33.6 Å². The van der Waals surface area contributed by atoms with E-state index in [0.717, 1.165) is 50.4 Å². The zero-order valence-corrected chi connectivity index (χ0v) is 34.0. The third-order valence-electron chi connectivity index (χ3n) is 11.9. The second-order valence-corrected chi connectivity index (χ2v) is 16.0. The van der Waals surface area contributed by atoms with E-state index in [9.17, 15) is 19.5 Å². The van der Waals surface area contributed by atoms with Gasteiger partial charge in [-0.05, 0) is 109 Å². The van der Waals surface area contributed by atoms with E-state index in [0.29, 0.717) is 35.7 Å². The number of hydrogen-bond acceptors (Lipinski definition) is 9. The van der Waals surface area contributed by atoms with Crippen LogP contribution < -0.4 is 19.5 Å². The molecule has 12 heteroatoms. The van der Waals surface area contributed by atoms with Crippen LogP contribution in [0.5, 0.6) is 17.2 Å². The van der Waals surface area contributed by atoms with Crippen molar-refractivity contribution >= 4 is 17.8 Å². The first-order valence-corrected chi connectivity index (χ1v) is 20.5. The Morgan fingerprint density at radius 1 is 0.949 bits per heavy atom. The number of carboxylic acid groups (broad SMARTS) is 1. The molecule has 0 saturated heterocycles. The summed E-state index contributed by atoms with van der Waals surface area (Å²) in [7, 11) is 0. The average molecular weight is 799 g/mol. The van der Waals surface area contributed by atoms with Gasteiger partial charge >= 0.3 is 5.97 Å². The lowest BCUT2D eigenvalue weighted by Gasteiger charge is -2.37.